The van der Waals surface area contributed by atoms with Gasteiger partial charge in [-0.2, -0.15) is 0 Å². The maximum absolute atomic E-state index is 11.7. The van der Waals surface area contributed by atoms with Gasteiger partial charge in [-0.3, -0.25) is 10.1 Å². The van der Waals surface area contributed by atoms with Crippen LogP contribution in [0.15, 0.2) is 24.3 Å². The Balaban J connectivity index is 2.41. The Kier molecular flexibility index (Phi) is 8.68. The second kappa shape index (κ2) is 10.4. The topological polar surface area (TPSA) is 52.4 Å². The molecule has 1 radical (unpaired) electrons. The molecule has 1 unspecified atom stereocenters. The van der Waals surface area contributed by atoms with Crippen LogP contribution in [0, 0.1) is 27.4 Å². The average Bonchev–Trinajstić information content (AvgIpc) is 2.65. The van der Waals surface area contributed by atoms with Crippen molar-refractivity contribution in [2.45, 2.75) is 98.3 Å². The summed E-state index contributed by atoms with van der Waals surface area (Å²) in [4.78, 5) is 11.5. The van der Waals surface area contributed by atoms with Gasteiger partial charge in [0.2, 0.25) is 9.04 Å². The Morgan fingerprint density at radius 2 is 1.71 bits per heavy atom. The molecule has 173 valence electrons. The number of benzene rings is 1. The molecule has 0 aliphatic heterocycles. The van der Waals surface area contributed by atoms with Crippen LogP contribution in [-0.2, 0) is 9.84 Å². The Morgan fingerprint density at radius 1 is 1.10 bits per heavy atom. The van der Waals surface area contributed by atoms with E-state index in [2.05, 4.69) is 46.0 Å². The molecule has 31 heavy (non-hydrogen) atoms. The van der Waals surface area contributed by atoms with Gasteiger partial charge in [0.25, 0.3) is 5.69 Å². The molecule has 1 aromatic rings. The third-order valence-electron chi connectivity index (χ3n) is 6.36. The first-order valence-corrected chi connectivity index (χ1v) is 14.2. The van der Waals surface area contributed by atoms with Gasteiger partial charge in [-0.1, -0.05) is 85.1 Å². The molecule has 0 aromatic heterocycles. The van der Waals surface area contributed by atoms with Crippen LogP contribution in [0.1, 0.15) is 84.8 Å². The minimum Gasteiger partial charge on any atom is -0.413 e. The highest BCUT2D eigenvalue weighted by molar-refractivity contribution is 6.48. The third kappa shape index (κ3) is 7.28. The van der Waals surface area contributed by atoms with Gasteiger partial charge >= 0.3 is 0 Å². The van der Waals surface area contributed by atoms with Crippen LogP contribution < -0.4 is 0 Å². The van der Waals surface area contributed by atoms with Crippen LogP contribution in [0.4, 0.5) is 5.69 Å². The SMILES string of the molecule is C[Si](C)OC(C1CCCCC1)[C@@H](C=Cc1ccc(C(C)(C)C)c([N+](=O)[O-])c1)C(C)(C)C. The molecule has 0 bridgehead atoms. The summed E-state index contributed by atoms with van der Waals surface area (Å²) in [7, 11) is -0.830. The van der Waals surface area contributed by atoms with E-state index in [1.54, 1.807) is 6.07 Å². The summed E-state index contributed by atoms with van der Waals surface area (Å²) < 4.78 is 6.64. The molecule has 2 rings (SSSR count). The van der Waals surface area contributed by atoms with Crippen molar-refractivity contribution in [1.82, 2.24) is 0 Å². The first-order valence-electron chi connectivity index (χ1n) is 11.7. The molecule has 1 saturated carbocycles. The van der Waals surface area contributed by atoms with Crippen LogP contribution in [0.5, 0.6) is 0 Å². The fourth-order valence-electron chi connectivity index (χ4n) is 4.74. The number of hydrogen-bond acceptors (Lipinski definition) is 3. The summed E-state index contributed by atoms with van der Waals surface area (Å²) in [6, 6.07) is 5.65. The van der Waals surface area contributed by atoms with Crippen LogP contribution >= 0.6 is 0 Å². The van der Waals surface area contributed by atoms with Gasteiger partial charge in [0.05, 0.1) is 11.0 Å². The van der Waals surface area contributed by atoms with Gasteiger partial charge < -0.3 is 4.43 Å². The molecule has 0 saturated heterocycles. The quantitative estimate of drug-likeness (QED) is 0.245. The van der Waals surface area contributed by atoms with E-state index in [1.165, 1.54) is 32.1 Å². The maximum Gasteiger partial charge on any atom is 0.273 e. The number of hydrogen-bond donors (Lipinski definition) is 0. The Bertz CT molecular complexity index is 768. The van der Waals surface area contributed by atoms with E-state index in [1.807, 2.05) is 32.9 Å². The van der Waals surface area contributed by atoms with Gasteiger partial charge in [0.1, 0.15) is 0 Å². The first kappa shape index (κ1) is 25.8. The smallest absolute Gasteiger partial charge is 0.273 e. The van der Waals surface area contributed by atoms with Crippen LogP contribution in [0.2, 0.25) is 13.1 Å². The second-order valence-corrected chi connectivity index (χ2v) is 13.5. The lowest BCUT2D eigenvalue weighted by atomic mass is 9.70. The van der Waals surface area contributed by atoms with Gasteiger partial charge in [0.15, 0.2) is 0 Å². The molecule has 0 N–H and O–H groups in total. The summed E-state index contributed by atoms with van der Waals surface area (Å²) in [5.41, 5.74) is 1.64. The standard InChI is InChI=1S/C26H42NO3Si/c1-25(2,3)21-16-14-19(18-23(21)27(28)29)15-17-22(26(4,5)6)24(30-31(7)8)20-12-10-9-11-13-20/h14-18,20,22,24H,9-13H2,1-8H3/t22-,24?/m1/s1. The van der Waals surface area contributed by atoms with Crippen LogP contribution in [0.25, 0.3) is 6.08 Å². The van der Waals surface area contributed by atoms with Gasteiger partial charge in [-0.05, 0) is 48.2 Å². The molecule has 1 aliphatic rings. The minimum absolute atomic E-state index is 0.0488. The highest BCUT2D eigenvalue weighted by Crippen LogP contribution is 2.40. The van der Waals surface area contributed by atoms with E-state index in [-0.39, 0.29) is 33.5 Å². The third-order valence-corrected chi connectivity index (χ3v) is 7.11. The number of nitro benzene ring substituents is 1. The van der Waals surface area contributed by atoms with Crippen molar-refractivity contribution in [1.29, 1.82) is 0 Å². The minimum atomic E-state index is -0.830. The highest BCUT2D eigenvalue weighted by atomic mass is 28.3. The Labute approximate surface area is 191 Å². The fourth-order valence-corrected chi connectivity index (χ4v) is 5.62. The van der Waals surface area contributed by atoms with Crippen molar-refractivity contribution in [2.75, 3.05) is 0 Å². The highest BCUT2D eigenvalue weighted by Gasteiger charge is 2.37. The number of nitrogens with zero attached hydrogens (tertiary/aromatic N) is 1. The molecular weight excluding hydrogens is 402 g/mol. The molecule has 1 fully saturated rings. The lowest BCUT2D eigenvalue weighted by Crippen LogP contribution is -2.41. The molecule has 1 aromatic carbocycles. The molecule has 1 aliphatic carbocycles. The molecule has 4 nitrogen and oxygen atoms in total. The largest absolute Gasteiger partial charge is 0.413 e. The lowest BCUT2D eigenvalue weighted by molar-refractivity contribution is -0.386. The molecule has 0 spiro atoms. The second-order valence-electron chi connectivity index (χ2n) is 11.4. The van der Waals surface area contributed by atoms with Crippen molar-refractivity contribution in [2.24, 2.45) is 17.3 Å². The predicted molar refractivity (Wildman–Crippen MR) is 133 cm³/mol. The summed E-state index contributed by atoms with van der Waals surface area (Å²) in [5, 5.41) is 11.7. The van der Waals surface area contributed by atoms with E-state index < -0.39 is 9.04 Å². The van der Waals surface area contributed by atoms with E-state index in [9.17, 15) is 10.1 Å². The monoisotopic (exact) mass is 444 g/mol. The molecule has 5 heteroatoms. The number of rotatable bonds is 7. The van der Waals surface area contributed by atoms with Crippen molar-refractivity contribution >= 4 is 20.8 Å². The Morgan fingerprint density at radius 3 is 2.19 bits per heavy atom. The van der Waals surface area contributed by atoms with E-state index >= 15 is 0 Å². The average molecular weight is 445 g/mol. The lowest BCUT2D eigenvalue weighted by Gasteiger charge is -2.41. The fraction of sp³-hybridized carbons (Fsp3) is 0.692. The van der Waals surface area contributed by atoms with Crippen molar-refractivity contribution in [3.05, 3.63) is 45.5 Å². The van der Waals surface area contributed by atoms with E-state index in [0.29, 0.717) is 5.92 Å². The maximum atomic E-state index is 11.7. The molecule has 0 amide bonds. The zero-order chi connectivity index (χ0) is 23.4. The van der Waals surface area contributed by atoms with E-state index in [0.717, 1.165) is 11.1 Å². The molecule has 0 heterocycles. The summed E-state index contributed by atoms with van der Waals surface area (Å²) >= 11 is 0. The predicted octanol–water partition coefficient (Wildman–Crippen LogP) is 7.78. The summed E-state index contributed by atoms with van der Waals surface area (Å²) in [6.45, 7) is 17.3. The summed E-state index contributed by atoms with van der Waals surface area (Å²) in [6.07, 6.45) is 11.0. The zero-order valence-corrected chi connectivity index (χ0v) is 21.8. The van der Waals surface area contributed by atoms with Crippen molar-refractivity contribution in [3.8, 4) is 0 Å². The van der Waals surface area contributed by atoms with Crippen LogP contribution in [-0.4, -0.2) is 20.1 Å². The van der Waals surface area contributed by atoms with Crippen molar-refractivity contribution in [3.63, 3.8) is 0 Å². The van der Waals surface area contributed by atoms with Crippen LogP contribution in [0.3, 0.4) is 0 Å². The normalized spacial score (nSPS) is 18.5. The van der Waals surface area contributed by atoms with Gasteiger partial charge in [-0.25, -0.2) is 0 Å². The van der Waals surface area contributed by atoms with E-state index in [4.69, 9.17) is 4.43 Å². The van der Waals surface area contributed by atoms with Gasteiger partial charge in [-0.15, -0.1) is 0 Å². The Hall–Kier alpha value is -1.46. The summed E-state index contributed by atoms with van der Waals surface area (Å²) in [5.74, 6) is 0.858. The molecular formula is C26H42NO3Si. The van der Waals surface area contributed by atoms with Crippen molar-refractivity contribution < 1.29 is 9.35 Å². The van der Waals surface area contributed by atoms with Gasteiger partial charge in [0, 0.05) is 17.5 Å². The zero-order valence-electron chi connectivity index (χ0n) is 20.8. The first-order chi connectivity index (χ1) is 14.3. The molecule has 2 atom stereocenters. The number of nitro groups is 1.